The molecule has 0 aliphatic carbocycles. The van der Waals surface area contributed by atoms with E-state index in [0.29, 0.717) is 24.6 Å². The molecule has 0 bridgehead atoms. The summed E-state index contributed by atoms with van der Waals surface area (Å²) in [4.78, 5) is 25.0. The molecule has 1 unspecified atom stereocenters. The molecule has 0 spiro atoms. The summed E-state index contributed by atoms with van der Waals surface area (Å²) in [5.41, 5.74) is 6.36. The van der Waals surface area contributed by atoms with Crippen molar-refractivity contribution < 1.29 is 14.7 Å². The van der Waals surface area contributed by atoms with Gasteiger partial charge in [0, 0.05) is 13.1 Å². The molecule has 1 aliphatic heterocycles. The van der Waals surface area contributed by atoms with E-state index in [9.17, 15) is 9.59 Å². The second-order valence-electron chi connectivity index (χ2n) is 4.87. The molecule has 1 aliphatic rings. The van der Waals surface area contributed by atoms with Gasteiger partial charge in [0.2, 0.25) is 5.91 Å². The number of nitrogens with zero attached hydrogens (tertiary/aromatic N) is 1. The zero-order valence-corrected chi connectivity index (χ0v) is 10.7. The Labute approximate surface area is 112 Å². The number of hydrogen-bond donors (Lipinski definition) is 2. The molecule has 0 aromatic heterocycles. The Kier molecular flexibility index (Phi) is 4.16. The minimum atomic E-state index is -0.996. The second kappa shape index (κ2) is 5.84. The van der Waals surface area contributed by atoms with Crippen molar-refractivity contribution in [3.05, 3.63) is 35.4 Å². The van der Waals surface area contributed by atoms with Crippen molar-refractivity contribution in [2.75, 3.05) is 19.6 Å². The summed E-state index contributed by atoms with van der Waals surface area (Å²) in [6.07, 6.45) is 1.07. The third-order valence-electron chi connectivity index (χ3n) is 3.56. The lowest BCUT2D eigenvalue weighted by Crippen LogP contribution is -2.31. The van der Waals surface area contributed by atoms with Gasteiger partial charge < -0.3 is 15.7 Å². The number of nitrogens with two attached hydrogens (primary N) is 1. The van der Waals surface area contributed by atoms with E-state index in [-0.39, 0.29) is 17.9 Å². The normalized spacial score (nSPS) is 18.6. The van der Waals surface area contributed by atoms with Gasteiger partial charge in [-0.05, 0) is 30.5 Å². The van der Waals surface area contributed by atoms with Crippen LogP contribution in [0, 0.1) is 5.92 Å². The Morgan fingerprint density at radius 2 is 2.11 bits per heavy atom. The largest absolute Gasteiger partial charge is 0.478 e. The minimum Gasteiger partial charge on any atom is -0.478 e. The van der Waals surface area contributed by atoms with Crippen LogP contribution in [0.25, 0.3) is 0 Å². The number of amides is 1. The van der Waals surface area contributed by atoms with E-state index in [1.165, 1.54) is 6.07 Å². The Morgan fingerprint density at radius 3 is 2.74 bits per heavy atom. The van der Waals surface area contributed by atoms with Gasteiger partial charge in [-0.1, -0.05) is 18.2 Å². The molecule has 0 saturated carbocycles. The monoisotopic (exact) mass is 262 g/mol. The molecule has 2 rings (SSSR count). The van der Waals surface area contributed by atoms with Crippen LogP contribution in [-0.4, -0.2) is 41.5 Å². The zero-order valence-electron chi connectivity index (χ0n) is 10.7. The standard InChI is InChI=1S/C14H18N2O3/c15-8-10-5-6-16(9-10)13(17)7-11-3-1-2-4-12(11)14(18)19/h1-4,10H,5-9,15H2,(H,18,19). The molecule has 5 nitrogen and oxygen atoms in total. The SMILES string of the molecule is NCC1CCN(C(=O)Cc2ccccc2C(=O)O)C1. The van der Waals surface area contributed by atoms with Gasteiger partial charge in [0.15, 0.2) is 0 Å². The molecule has 0 radical (unpaired) electrons. The summed E-state index contributed by atoms with van der Waals surface area (Å²) in [6, 6.07) is 6.63. The number of hydrogen-bond acceptors (Lipinski definition) is 3. The number of carboxylic acids is 1. The molecule has 3 N–H and O–H groups in total. The van der Waals surface area contributed by atoms with E-state index in [1.807, 2.05) is 0 Å². The molecule has 1 saturated heterocycles. The Bertz CT molecular complexity index is 487. The van der Waals surface area contributed by atoms with Crippen LogP contribution in [0.5, 0.6) is 0 Å². The zero-order chi connectivity index (χ0) is 13.8. The molecule has 1 atom stereocenters. The van der Waals surface area contributed by atoms with Crippen LogP contribution in [-0.2, 0) is 11.2 Å². The van der Waals surface area contributed by atoms with Crippen LogP contribution >= 0.6 is 0 Å². The Hall–Kier alpha value is -1.88. The van der Waals surface area contributed by atoms with Crippen LogP contribution in [0.4, 0.5) is 0 Å². The number of benzene rings is 1. The molecule has 1 fully saturated rings. The average molecular weight is 262 g/mol. The van der Waals surface area contributed by atoms with Gasteiger partial charge in [-0.3, -0.25) is 4.79 Å². The fourth-order valence-corrected chi connectivity index (χ4v) is 2.41. The lowest BCUT2D eigenvalue weighted by molar-refractivity contribution is -0.129. The van der Waals surface area contributed by atoms with Crippen LogP contribution in [0.3, 0.4) is 0 Å². The first-order valence-electron chi connectivity index (χ1n) is 6.41. The highest BCUT2D eigenvalue weighted by molar-refractivity contribution is 5.91. The van der Waals surface area contributed by atoms with E-state index in [4.69, 9.17) is 10.8 Å². The molecule has 19 heavy (non-hydrogen) atoms. The predicted octanol–water partition coefficient (Wildman–Crippen LogP) is 0.734. The first-order valence-corrected chi connectivity index (χ1v) is 6.41. The van der Waals surface area contributed by atoms with Crippen LogP contribution in [0.1, 0.15) is 22.3 Å². The van der Waals surface area contributed by atoms with Crippen LogP contribution in [0.15, 0.2) is 24.3 Å². The highest BCUT2D eigenvalue weighted by atomic mass is 16.4. The second-order valence-corrected chi connectivity index (χ2v) is 4.87. The fourth-order valence-electron chi connectivity index (χ4n) is 2.41. The Morgan fingerprint density at radius 1 is 1.37 bits per heavy atom. The lowest BCUT2D eigenvalue weighted by Gasteiger charge is -2.16. The number of aromatic carboxylic acids is 1. The predicted molar refractivity (Wildman–Crippen MR) is 70.8 cm³/mol. The molecule has 5 heteroatoms. The molecule has 1 heterocycles. The molecular weight excluding hydrogens is 244 g/mol. The summed E-state index contributed by atoms with van der Waals surface area (Å²) < 4.78 is 0. The number of likely N-dealkylation sites (tertiary alicyclic amines) is 1. The van der Waals surface area contributed by atoms with E-state index in [2.05, 4.69) is 0 Å². The molecular formula is C14H18N2O3. The maximum Gasteiger partial charge on any atom is 0.335 e. The van der Waals surface area contributed by atoms with Crippen molar-refractivity contribution in [2.24, 2.45) is 11.7 Å². The Balaban J connectivity index is 2.05. The average Bonchev–Trinajstić information content (AvgIpc) is 2.88. The number of carboxylic acid groups (broad SMARTS) is 1. The van der Waals surface area contributed by atoms with E-state index in [1.54, 1.807) is 23.1 Å². The van der Waals surface area contributed by atoms with Crippen molar-refractivity contribution in [1.82, 2.24) is 4.90 Å². The van der Waals surface area contributed by atoms with Crippen molar-refractivity contribution in [3.8, 4) is 0 Å². The van der Waals surface area contributed by atoms with Gasteiger partial charge in [0.05, 0.1) is 12.0 Å². The van der Waals surface area contributed by atoms with Gasteiger partial charge >= 0.3 is 5.97 Å². The van der Waals surface area contributed by atoms with Crippen molar-refractivity contribution in [3.63, 3.8) is 0 Å². The first kappa shape index (κ1) is 13.5. The summed E-state index contributed by atoms with van der Waals surface area (Å²) in [7, 11) is 0. The van der Waals surface area contributed by atoms with Crippen LogP contribution < -0.4 is 5.73 Å². The summed E-state index contributed by atoms with van der Waals surface area (Å²) in [5, 5.41) is 9.08. The molecule has 102 valence electrons. The maximum atomic E-state index is 12.1. The van der Waals surface area contributed by atoms with Gasteiger partial charge in [0.25, 0.3) is 0 Å². The van der Waals surface area contributed by atoms with Crippen molar-refractivity contribution >= 4 is 11.9 Å². The quantitative estimate of drug-likeness (QED) is 0.838. The molecule has 1 amide bonds. The summed E-state index contributed by atoms with van der Waals surface area (Å²) in [6.45, 7) is 2.00. The van der Waals surface area contributed by atoms with E-state index < -0.39 is 5.97 Å². The smallest absolute Gasteiger partial charge is 0.335 e. The molecule has 1 aromatic carbocycles. The van der Waals surface area contributed by atoms with Gasteiger partial charge in [-0.15, -0.1) is 0 Å². The van der Waals surface area contributed by atoms with E-state index >= 15 is 0 Å². The number of carbonyl (C=O) groups is 2. The highest BCUT2D eigenvalue weighted by Crippen LogP contribution is 2.17. The minimum absolute atomic E-state index is 0.0235. The maximum absolute atomic E-state index is 12.1. The van der Waals surface area contributed by atoms with Gasteiger partial charge in [0.1, 0.15) is 0 Å². The number of carbonyl (C=O) groups excluding carboxylic acids is 1. The third-order valence-corrected chi connectivity index (χ3v) is 3.56. The van der Waals surface area contributed by atoms with E-state index in [0.717, 1.165) is 13.0 Å². The van der Waals surface area contributed by atoms with Crippen molar-refractivity contribution in [2.45, 2.75) is 12.8 Å². The number of rotatable bonds is 4. The third kappa shape index (κ3) is 3.12. The molecule has 1 aromatic rings. The first-order chi connectivity index (χ1) is 9.11. The highest BCUT2D eigenvalue weighted by Gasteiger charge is 2.25. The summed E-state index contributed by atoms with van der Waals surface area (Å²) in [5.74, 6) is -0.645. The van der Waals surface area contributed by atoms with Gasteiger partial charge in [-0.25, -0.2) is 4.79 Å². The topological polar surface area (TPSA) is 83.6 Å². The lowest BCUT2D eigenvalue weighted by atomic mass is 10.0. The fraction of sp³-hybridized carbons (Fsp3) is 0.429. The van der Waals surface area contributed by atoms with Crippen molar-refractivity contribution in [1.29, 1.82) is 0 Å². The van der Waals surface area contributed by atoms with Gasteiger partial charge in [-0.2, -0.15) is 0 Å². The summed E-state index contributed by atoms with van der Waals surface area (Å²) >= 11 is 0. The van der Waals surface area contributed by atoms with Crippen LogP contribution in [0.2, 0.25) is 0 Å².